The van der Waals surface area contributed by atoms with Crippen LogP contribution in [0.3, 0.4) is 0 Å². The first kappa shape index (κ1) is 18.5. The summed E-state index contributed by atoms with van der Waals surface area (Å²) < 4.78 is 18.5. The highest BCUT2D eigenvalue weighted by atomic mass is 19.1. The van der Waals surface area contributed by atoms with E-state index in [9.17, 15) is 14.3 Å². The van der Waals surface area contributed by atoms with Crippen LogP contribution in [0, 0.1) is 12.7 Å². The van der Waals surface area contributed by atoms with Crippen LogP contribution in [0.5, 0.6) is 0 Å². The zero-order valence-corrected chi connectivity index (χ0v) is 14.9. The van der Waals surface area contributed by atoms with Crippen molar-refractivity contribution in [1.82, 2.24) is 5.32 Å². The number of hydrogen-bond donors (Lipinski definition) is 2. The molecule has 5 heteroatoms. The van der Waals surface area contributed by atoms with E-state index in [1.54, 1.807) is 0 Å². The van der Waals surface area contributed by atoms with E-state index in [-0.39, 0.29) is 18.3 Å². The molecule has 0 saturated carbocycles. The Bertz CT molecular complexity index is 754. The first-order valence-corrected chi connectivity index (χ1v) is 8.88. The minimum atomic E-state index is -0.881. The monoisotopic (exact) mass is 357 g/mol. The molecule has 2 aromatic carbocycles. The maximum atomic E-state index is 13.1. The normalized spacial score (nSPS) is 17.5. The van der Waals surface area contributed by atoms with Crippen LogP contribution in [0.25, 0.3) is 0 Å². The minimum absolute atomic E-state index is 0.0823. The highest BCUT2D eigenvalue weighted by Gasteiger charge is 2.42. The average Bonchev–Trinajstić information content (AvgIpc) is 2.67. The fourth-order valence-electron chi connectivity index (χ4n) is 3.61. The second kappa shape index (κ2) is 7.98. The molecule has 1 atom stereocenters. The van der Waals surface area contributed by atoms with Crippen molar-refractivity contribution in [3.05, 3.63) is 71.0 Å². The Kier molecular flexibility index (Phi) is 5.69. The van der Waals surface area contributed by atoms with Gasteiger partial charge in [0.1, 0.15) is 5.82 Å². The second-order valence-corrected chi connectivity index (χ2v) is 6.79. The number of aliphatic hydroxyl groups excluding tert-OH is 1. The van der Waals surface area contributed by atoms with Gasteiger partial charge in [-0.3, -0.25) is 4.79 Å². The number of rotatable bonds is 5. The van der Waals surface area contributed by atoms with Gasteiger partial charge in [0.15, 0.2) is 0 Å². The lowest BCUT2D eigenvalue weighted by Gasteiger charge is -2.37. The largest absolute Gasteiger partial charge is 0.387 e. The smallest absolute Gasteiger partial charge is 0.230 e. The van der Waals surface area contributed by atoms with E-state index in [4.69, 9.17) is 4.74 Å². The summed E-state index contributed by atoms with van der Waals surface area (Å²) in [5, 5.41) is 13.2. The molecule has 1 saturated heterocycles. The van der Waals surface area contributed by atoms with Gasteiger partial charge in [-0.25, -0.2) is 4.39 Å². The van der Waals surface area contributed by atoms with Gasteiger partial charge in [0.25, 0.3) is 0 Å². The zero-order valence-electron chi connectivity index (χ0n) is 14.9. The summed E-state index contributed by atoms with van der Waals surface area (Å²) in [5.74, 6) is -0.457. The summed E-state index contributed by atoms with van der Waals surface area (Å²) in [7, 11) is 0. The van der Waals surface area contributed by atoms with Crippen molar-refractivity contribution in [2.24, 2.45) is 0 Å². The quantitative estimate of drug-likeness (QED) is 0.865. The van der Waals surface area contributed by atoms with Gasteiger partial charge < -0.3 is 15.2 Å². The first-order valence-electron chi connectivity index (χ1n) is 8.88. The number of carbonyl (C=O) groups excluding carboxylic acids is 1. The molecule has 0 aliphatic carbocycles. The lowest BCUT2D eigenvalue weighted by atomic mass is 9.71. The fourth-order valence-corrected chi connectivity index (χ4v) is 3.61. The van der Waals surface area contributed by atoms with Gasteiger partial charge in [0, 0.05) is 19.8 Å². The van der Waals surface area contributed by atoms with Crippen LogP contribution in [0.1, 0.15) is 35.6 Å². The maximum absolute atomic E-state index is 13.1. The molecular formula is C21H24FNO3. The van der Waals surface area contributed by atoms with E-state index < -0.39 is 11.5 Å². The van der Waals surface area contributed by atoms with Crippen molar-refractivity contribution >= 4 is 5.91 Å². The van der Waals surface area contributed by atoms with E-state index in [1.807, 2.05) is 31.2 Å². The lowest BCUT2D eigenvalue weighted by molar-refractivity contribution is -0.131. The molecule has 1 fully saturated rings. The number of carbonyl (C=O) groups is 1. The number of aliphatic hydroxyl groups is 1. The van der Waals surface area contributed by atoms with Gasteiger partial charge in [0.2, 0.25) is 5.91 Å². The van der Waals surface area contributed by atoms with Crippen molar-refractivity contribution in [1.29, 1.82) is 0 Å². The molecule has 0 unspecified atom stereocenters. The standard InChI is InChI=1S/C21H24FNO3/c1-15-4-2-3-5-18(15)21(10-12-26-13-11-21)20(25)23-14-19(24)16-6-8-17(22)9-7-16/h2-9,19,24H,10-14H2,1H3,(H,23,25)/t19-/m0/s1. The van der Waals surface area contributed by atoms with Gasteiger partial charge in [-0.05, 0) is 48.6 Å². The molecule has 0 spiro atoms. The van der Waals surface area contributed by atoms with Crippen LogP contribution in [0.2, 0.25) is 0 Å². The summed E-state index contributed by atoms with van der Waals surface area (Å²) in [6.45, 7) is 3.15. The third-order valence-electron chi connectivity index (χ3n) is 5.15. The van der Waals surface area contributed by atoms with Gasteiger partial charge in [-0.2, -0.15) is 0 Å². The molecule has 1 aliphatic rings. The average molecular weight is 357 g/mol. The number of ether oxygens (including phenoxy) is 1. The number of aryl methyl sites for hydroxylation is 1. The Morgan fingerprint density at radius 3 is 2.50 bits per heavy atom. The highest BCUT2D eigenvalue weighted by molar-refractivity contribution is 5.88. The van der Waals surface area contributed by atoms with Crippen molar-refractivity contribution in [2.45, 2.75) is 31.3 Å². The van der Waals surface area contributed by atoms with Crippen LogP contribution >= 0.6 is 0 Å². The topological polar surface area (TPSA) is 58.6 Å². The predicted octanol–water partition coefficient (Wildman–Crippen LogP) is 3.03. The Balaban J connectivity index is 1.76. The van der Waals surface area contributed by atoms with E-state index in [2.05, 4.69) is 5.32 Å². The molecule has 1 amide bonds. The number of nitrogens with one attached hydrogen (secondary N) is 1. The summed E-state index contributed by atoms with van der Waals surface area (Å²) >= 11 is 0. The molecule has 26 heavy (non-hydrogen) atoms. The van der Waals surface area contributed by atoms with E-state index in [0.29, 0.717) is 31.6 Å². The minimum Gasteiger partial charge on any atom is -0.387 e. The molecule has 0 aromatic heterocycles. The summed E-state index contributed by atoms with van der Waals surface area (Å²) in [4.78, 5) is 13.1. The third-order valence-corrected chi connectivity index (χ3v) is 5.15. The van der Waals surface area contributed by atoms with Gasteiger partial charge in [-0.15, -0.1) is 0 Å². The van der Waals surface area contributed by atoms with Crippen LogP contribution in [0.15, 0.2) is 48.5 Å². The summed E-state index contributed by atoms with van der Waals surface area (Å²) in [5.41, 5.74) is 2.01. The van der Waals surface area contributed by atoms with Crippen LogP contribution < -0.4 is 5.32 Å². The molecule has 1 heterocycles. The molecule has 2 N–H and O–H groups in total. The van der Waals surface area contributed by atoms with Gasteiger partial charge >= 0.3 is 0 Å². The maximum Gasteiger partial charge on any atom is 0.230 e. The SMILES string of the molecule is Cc1ccccc1C1(C(=O)NC[C@H](O)c2ccc(F)cc2)CCOCC1. The number of benzene rings is 2. The van der Waals surface area contributed by atoms with Crippen molar-refractivity contribution in [3.8, 4) is 0 Å². The van der Waals surface area contributed by atoms with Gasteiger partial charge in [0.05, 0.1) is 11.5 Å². The van der Waals surface area contributed by atoms with Crippen molar-refractivity contribution < 1.29 is 19.0 Å². The fraction of sp³-hybridized carbons (Fsp3) is 0.381. The third kappa shape index (κ3) is 3.79. The Hall–Kier alpha value is -2.24. The first-order chi connectivity index (χ1) is 12.5. The lowest BCUT2D eigenvalue weighted by Crippen LogP contribution is -2.49. The molecule has 138 valence electrons. The van der Waals surface area contributed by atoms with E-state index >= 15 is 0 Å². The molecule has 2 aromatic rings. The number of halogens is 1. The molecule has 0 bridgehead atoms. The molecule has 0 radical (unpaired) electrons. The van der Waals surface area contributed by atoms with Crippen LogP contribution in [-0.2, 0) is 14.9 Å². The van der Waals surface area contributed by atoms with Crippen molar-refractivity contribution in [3.63, 3.8) is 0 Å². The summed E-state index contributed by atoms with van der Waals surface area (Å²) in [6, 6.07) is 13.6. The van der Waals surface area contributed by atoms with E-state index in [1.165, 1.54) is 24.3 Å². The molecular weight excluding hydrogens is 333 g/mol. The highest BCUT2D eigenvalue weighted by Crippen LogP contribution is 2.37. The number of hydrogen-bond acceptors (Lipinski definition) is 3. The van der Waals surface area contributed by atoms with Gasteiger partial charge in [-0.1, -0.05) is 36.4 Å². The van der Waals surface area contributed by atoms with E-state index in [0.717, 1.165) is 11.1 Å². The molecule has 4 nitrogen and oxygen atoms in total. The predicted molar refractivity (Wildman–Crippen MR) is 97.3 cm³/mol. The molecule has 3 rings (SSSR count). The zero-order chi connectivity index (χ0) is 18.6. The van der Waals surface area contributed by atoms with Crippen LogP contribution in [-0.4, -0.2) is 30.8 Å². The Labute approximate surface area is 153 Å². The second-order valence-electron chi connectivity index (χ2n) is 6.79. The van der Waals surface area contributed by atoms with Crippen LogP contribution in [0.4, 0.5) is 4.39 Å². The Morgan fingerprint density at radius 1 is 1.19 bits per heavy atom. The summed E-state index contributed by atoms with van der Waals surface area (Å²) in [6.07, 6.45) is 0.334. The Morgan fingerprint density at radius 2 is 1.85 bits per heavy atom. The molecule has 1 aliphatic heterocycles. The van der Waals surface area contributed by atoms with Crippen molar-refractivity contribution in [2.75, 3.05) is 19.8 Å². The number of amides is 1.